The van der Waals surface area contributed by atoms with Gasteiger partial charge in [0.2, 0.25) is 0 Å². The van der Waals surface area contributed by atoms with Gasteiger partial charge in [0.25, 0.3) is 5.91 Å². The molecule has 0 spiro atoms. The maximum atomic E-state index is 12.6. The molecule has 0 fully saturated rings. The molecule has 0 saturated heterocycles. The molecule has 0 aliphatic heterocycles. The molecule has 0 saturated carbocycles. The van der Waals surface area contributed by atoms with Crippen LogP contribution < -0.4 is 0 Å². The molecule has 0 heterocycles. The third-order valence-corrected chi connectivity index (χ3v) is 3.94. The number of amides is 1. The van der Waals surface area contributed by atoms with Crippen molar-refractivity contribution < 1.29 is 4.79 Å². The minimum absolute atomic E-state index is 0.0728. The monoisotopic (exact) mass is 343 g/mol. The zero-order valence-electron chi connectivity index (χ0n) is 11.8. The van der Waals surface area contributed by atoms with E-state index in [-0.39, 0.29) is 11.9 Å². The van der Waals surface area contributed by atoms with E-state index < -0.39 is 0 Å². The molecule has 0 atom stereocenters. The van der Waals surface area contributed by atoms with Gasteiger partial charge in [0.1, 0.15) is 0 Å². The van der Waals surface area contributed by atoms with Crippen LogP contribution in [0.4, 0.5) is 0 Å². The molecule has 0 aliphatic rings. The molecular weight excluding hydrogens is 322 g/mol. The molecule has 0 N–H and O–H groups in total. The zero-order valence-corrected chi connectivity index (χ0v) is 14.3. The Labute approximate surface area is 130 Å². The molecule has 0 unspecified atom stereocenters. The molecule has 1 amide bonds. The summed E-state index contributed by atoms with van der Waals surface area (Å²) in [5, 5.41) is 0. The van der Waals surface area contributed by atoms with Gasteiger partial charge >= 0.3 is 0 Å². The first-order valence-corrected chi connectivity index (χ1v) is 8.00. The van der Waals surface area contributed by atoms with Crippen molar-refractivity contribution in [3.8, 4) is 0 Å². The maximum Gasteiger partial charge on any atom is 0.255 e. The Bertz CT molecular complexity index is 434. The highest BCUT2D eigenvalue weighted by Gasteiger charge is 2.20. The lowest BCUT2D eigenvalue weighted by Gasteiger charge is -2.27. The molecule has 0 aliphatic carbocycles. The Morgan fingerprint density at radius 1 is 1.37 bits per heavy atom. The van der Waals surface area contributed by atoms with Crippen molar-refractivity contribution in [2.75, 3.05) is 6.54 Å². The smallest absolute Gasteiger partial charge is 0.255 e. The molecular formula is C15H22BrNOS. The molecule has 106 valence electrons. The van der Waals surface area contributed by atoms with E-state index in [0.717, 1.165) is 35.2 Å². The quantitative estimate of drug-likeness (QED) is 0.582. The Kier molecular flexibility index (Phi) is 6.94. The van der Waals surface area contributed by atoms with Gasteiger partial charge in [-0.25, -0.2) is 0 Å². The van der Waals surface area contributed by atoms with Gasteiger partial charge in [0.15, 0.2) is 0 Å². The van der Waals surface area contributed by atoms with Crippen molar-refractivity contribution in [3.05, 3.63) is 28.2 Å². The Hall–Kier alpha value is -0.480. The van der Waals surface area contributed by atoms with E-state index in [2.05, 4.69) is 49.3 Å². The van der Waals surface area contributed by atoms with Gasteiger partial charge in [0, 0.05) is 22.0 Å². The van der Waals surface area contributed by atoms with Crippen LogP contribution >= 0.6 is 28.6 Å². The summed E-state index contributed by atoms with van der Waals surface area (Å²) < 4.78 is 0.941. The minimum Gasteiger partial charge on any atom is -0.336 e. The van der Waals surface area contributed by atoms with E-state index in [0.29, 0.717) is 5.56 Å². The molecule has 4 heteroatoms. The predicted molar refractivity (Wildman–Crippen MR) is 87.1 cm³/mol. The molecule has 1 aromatic carbocycles. The summed E-state index contributed by atoms with van der Waals surface area (Å²) in [5.74, 6) is 0.0728. The number of thiol groups is 1. The summed E-state index contributed by atoms with van der Waals surface area (Å²) in [6.07, 6.45) is 3.37. The van der Waals surface area contributed by atoms with Crippen molar-refractivity contribution >= 4 is 34.5 Å². The summed E-state index contributed by atoms with van der Waals surface area (Å²) >= 11 is 7.79. The summed E-state index contributed by atoms with van der Waals surface area (Å²) in [6, 6.07) is 5.79. The van der Waals surface area contributed by atoms with Crippen molar-refractivity contribution in [2.24, 2.45) is 0 Å². The highest BCUT2D eigenvalue weighted by molar-refractivity contribution is 9.10. The van der Waals surface area contributed by atoms with Crippen LogP contribution in [-0.4, -0.2) is 23.4 Å². The van der Waals surface area contributed by atoms with Crippen molar-refractivity contribution in [2.45, 2.75) is 51.0 Å². The van der Waals surface area contributed by atoms with Gasteiger partial charge in [0.05, 0.1) is 5.56 Å². The largest absolute Gasteiger partial charge is 0.336 e. The number of benzene rings is 1. The van der Waals surface area contributed by atoms with Gasteiger partial charge in [-0.05, 0) is 38.5 Å². The minimum atomic E-state index is 0.0728. The summed E-state index contributed by atoms with van der Waals surface area (Å²) in [5.41, 5.74) is 0.678. The second-order valence-corrected chi connectivity index (χ2v) is 6.36. The van der Waals surface area contributed by atoms with E-state index in [4.69, 9.17) is 0 Å². The molecule has 19 heavy (non-hydrogen) atoms. The van der Waals surface area contributed by atoms with Gasteiger partial charge in [-0.1, -0.05) is 35.7 Å². The maximum absolute atomic E-state index is 12.6. The fraction of sp³-hybridized carbons (Fsp3) is 0.533. The fourth-order valence-corrected chi connectivity index (χ4v) is 2.81. The lowest BCUT2D eigenvalue weighted by atomic mass is 10.1. The lowest BCUT2D eigenvalue weighted by Crippen LogP contribution is -2.37. The van der Waals surface area contributed by atoms with Crippen LogP contribution in [0.25, 0.3) is 0 Å². The summed E-state index contributed by atoms with van der Waals surface area (Å²) in [7, 11) is 0. The number of carbonyl (C=O) groups is 1. The molecule has 0 aromatic heterocycles. The number of rotatable bonds is 6. The third kappa shape index (κ3) is 4.84. The highest BCUT2D eigenvalue weighted by atomic mass is 79.9. The van der Waals surface area contributed by atoms with Crippen molar-refractivity contribution in [3.63, 3.8) is 0 Å². The number of carbonyl (C=O) groups excluding carboxylic acids is 1. The van der Waals surface area contributed by atoms with Crippen LogP contribution in [0.2, 0.25) is 0 Å². The lowest BCUT2D eigenvalue weighted by molar-refractivity contribution is 0.0699. The van der Waals surface area contributed by atoms with Crippen molar-refractivity contribution in [1.29, 1.82) is 0 Å². The Balaban J connectivity index is 2.86. The average Bonchev–Trinajstić information content (AvgIpc) is 2.33. The van der Waals surface area contributed by atoms with Gasteiger partial charge in [-0.2, -0.15) is 0 Å². The highest BCUT2D eigenvalue weighted by Crippen LogP contribution is 2.22. The van der Waals surface area contributed by atoms with E-state index in [1.54, 1.807) is 0 Å². The van der Waals surface area contributed by atoms with E-state index in [1.165, 1.54) is 0 Å². The fourth-order valence-electron chi connectivity index (χ4n) is 1.97. The zero-order chi connectivity index (χ0) is 14.4. The van der Waals surface area contributed by atoms with Gasteiger partial charge in [-0.3, -0.25) is 4.79 Å². The molecule has 1 aromatic rings. The third-order valence-electron chi connectivity index (χ3n) is 3.08. The van der Waals surface area contributed by atoms with Crippen LogP contribution in [0.1, 0.15) is 50.4 Å². The second kappa shape index (κ2) is 7.95. The Morgan fingerprint density at radius 3 is 2.58 bits per heavy atom. The standard InChI is InChI=1S/C15H22BrNOS/c1-4-5-6-9-17(11(2)3)15(18)13-8-7-12(16)10-14(13)19/h7-8,10-11,19H,4-6,9H2,1-3H3. The number of nitrogens with zero attached hydrogens (tertiary/aromatic N) is 1. The van der Waals surface area contributed by atoms with Gasteiger partial charge < -0.3 is 4.90 Å². The van der Waals surface area contributed by atoms with Crippen LogP contribution in [-0.2, 0) is 0 Å². The van der Waals surface area contributed by atoms with Gasteiger partial charge in [-0.15, -0.1) is 12.6 Å². The van der Waals surface area contributed by atoms with Crippen molar-refractivity contribution in [1.82, 2.24) is 4.90 Å². The predicted octanol–water partition coefficient (Wildman–Crippen LogP) is 4.78. The van der Waals surface area contributed by atoms with Crippen LogP contribution in [0, 0.1) is 0 Å². The molecule has 0 radical (unpaired) electrons. The molecule has 1 rings (SSSR count). The van der Waals surface area contributed by atoms with Crippen LogP contribution in [0.15, 0.2) is 27.6 Å². The number of hydrogen-bond acceptors (Lipinski definition) is 2. The topological polar surface area (TPSA) is 20.3 Å². The molecule has 0 bridgehead atoms. The molecule has 2 nitrogen and oxygen atoms in total. The first-order chi connectivity index (χ1) is 8.97. The first-order valence-electron chi connectivity index (χ1n) is 6.76. The second-order valence-electron chi connectivity index (χ2n) is 4.96. The average molecular weight is 344 g/mol. The van der Waals surface area contributed by atoms with E-state index >= 15 is 0 Å². The Morgan fingerprint density at radius 2 is 2.05 bits per heavy atom. The van der Waals surface area contributed by atoms with E-state index in [9.17, 15) is 4.79 Å². The van der Waals surface area contributed by atoms with E-state index in [1.807, 2.05) is 23.1 Å². The summed E-state index contributed by atoms with van der Waals surface area (Å²) in [6.45, 7) is 7.09. The SMILES string of the molecule is CCCCCN(C(=O)c1ccc(Br)cc1S)C(C)C. The van der Waals surface area contributed by atoms with Crippen LogP contribution in [0.5, 0.6) is 0 Å². The van der Waals surface area contributed by atoms with Crippen LogP contribution in [0.3, 0.4) is 0 Å². The summed E-state index contributed by atoms with van der Waals surface area (Å²) in [4.78, 5) is 15.2. The first kappa shape index (κ1) is 16.6. The normalized spacial score (nSPS) is 10.8. The number of hydrogen-bond donors (Lipinski definition) is 1. The number of halogens is 1. The number of unbranched alkanes of at least 4 members (excludes halogenated alkanes) is 2.